The van der Waals surface area contributed by atoms with Gasteiger partial charge in [-0.25, -0.2) is 0 Å². The van der Waals surface area contributed by atoms with E-state index in [0.717, 1.165) is 0 Å². The summed E-state index contributed by atoms with van der Waals surface area (Å²) in [5, 5.41) is 11.4. The van der Waals surface area contributed by atoms with Crippen LogP contribution in [-0.4, -0.2) is 34.3 Å². The zero-order valence-corrected chi connectivity index (χ0v) is 10.3. The number of amides is 1. The Balaban J connectivity index is 2.59. The van der Waals surface area contributed by atoms with Crippen LogP contribution in [-0.2, 0) is 4.79 Å². The van der Waals surface area contributed by atoms with Gasteiger partial charge in [0, 0.05) is 18.3 Å². The Bertz CT molecular complexity index is 464. The van der Waals surface area contributed by atoms with Crippen LogP contribution in [0.1, 0.15) is 41.1 Å². The number of hydrogen-bond donors (Lipinski definition) is 3. The molecule has 1 atom stereocenters. The van der Waals surface area contributed by atoms with Crippen molar-refractivity contribution >= 4 is 17.7 Å². The van der Waals surface area contributed by atoms with E-state index >= 15 is 0 Å². The van der Waals surface area contributed by atoms with E-state index in [4.69, 9.17) is 5.11 Å². The maximum atomic E-state index is 11.7. The van der Waals surface area contributed by atoms with Crippen LogP contribution in [0.15, 0.2) is 12.3 Å². The van der Waals surface area contributed by atoms with Gasteiger partial charge in [0.1, 0.15) is 5.69 Å². The zero-order valence-electron chi connectivity index (χ0n) is 10.3. The molecular formula is C12H16N2O4. The molecule has 1 aromatic heterocycles. The number of aromatic amines is 1. The topological polar surface area (TPSA) is 99.3 Å². The van der Waals surface area contributed by atoms with Crippen LogP contribution in [0.2, 0.25) is 0 Å². The van der Waals surface area contributed by atoms with E-state index in [9.17, 15) is 14.4 Å². The second-order valence-corrected chi connectivity index (χ2v) is 4.01. The summed E-state index contributed by atoms with van der Waals surface area (Å²) in [6.45, 7) is 3.22. The molecule has 1 unspecified atom stereocenters. The molecule has 0 fully saturated rings. The number of rotatable bonds is 6. The minimum Gasteiger partial charge on any atom is -0.481 e. The average molecular weight is 252 g/mol. The molecule has 6 heteroatoms. The second kappa shape index (κ2) is 6.00. The molecule has 0 aliphatic heterocycles. The molecule has 0 aliphatic carbocycles. The number of Topliss-reactive ketones (excluding diaryl/α,β-unsaturated/α-hetero) is 1. The predicted molar refractivity (Wildman–Crippen MR) is 64.5 cm³/mol. The summed E-state index contributed by atoms with van der Waals surface area (Å²) >= 11 is 0. The molecule has 1 amide bonds. The maximum absolute atomic E-state index is 11.7. The first-order valence-electron chi connectivity index (χ1n) is 5.66. The number of aromatic nitrogens is 1. The molecule has 0 aliphatic rings. The van der Waals surface area contributed by atoms with E-state index in [0.29, 0.717) is 12.0 Å². The monoisotopic (exact) mass is 252 g/mol. The van der Waals surface area contributed by atoms with Crippen molar-refractivity contribution in [2.45, 2.75) is 20.3 Å². The lowest BCUT2D eigenvalue weighted by molar-refractivity contribution is -0.141. The number of aliphatic carboxylic acids is 1. The zero-order chi connectivity index (χ0) is 13.7. The Kier molecular flexibility index (Phi) is 4.65. The van der Waals surface area contributed by atoms with Gasteiger partial charge in [-0.1, -0.05) is 6.92 Å². The van der Waals surface area contributed by atoms with Crippen molar-refractivity contribution in [3.8, 4) is 0 Å². The lowest BCUT2D eigenvalue weighted by Gasteiger charge is -2.10. The molecule has 18 heavy (non-hydrogen) atoms. The van der Waals surface area contributed by atoms with Gasteiger partial charge in [0.15, 0.2) is 5.78 Å². The van der Waals surface area contributed by atoms with Gasteiger partial charge < -0.3 is 15.4 Å². The number of carboxylic acid groups (broad SMARTS) is 1. The molecule has 1 aromatic rings. The third-order valence-electron chi connectivity index (χ3n) is 2.69. The van der Waals surface area contributed by atoms with Crippen LogP contribution in [0.5, 0.6) is 0 Å². The van der Waals surface area contributed by atoms with Crippen molar-refractivity contribution in [1.82, 2.24) is 10.3 Å². The van der Waals surface area contributed by atoms with Gasteiger partial charge in [-0.15, -0.1) is 0 Å². The highest BCUT2D eigenvalue weighted by molar-refractivity contribution is 5.99. The normalized spacial score (nSPS) is 11.9. The number of H-pyrrole nitrogens is 1. The summed E-state index contributed by atoms with van der Waals surface area (Å²) in [6.07, 6.45) is 1.89. The third-order valence-corrected chi connectivity index (χ3v) is 2.69. The molecular weight excluding hydrogens is 236 g/mol. The van der Waals surface area contributed by atoms with Crippen LogP contribution in [0.3, 0.4) is 0 Å². The molecule has 98 valence electrons. The third kappa shape index (κ3) is 3.44. The fourth-order valence-electron chi connectivity index (χ4n) is 1.45. The first-order chi connectivity index (χ1) is 8.45. The second-order valence-electron chi connectivity index (χ2n) is 4.01. The van der Waals surface area contributed by atoms with Gasteiger partial charge >= 0.3 is 5.97 Å². The summed E-state index contributed by atoms with van der Waals surface area (Å²) in [7, 11) is 0. The lowest BCUT2D eigenvalue weighted by Crippen LogP contribution is -2.32. The van der Waals surface area contributed by atoms with E-state index < -0.39 is 17.8 Å². The molecule has 6 nitrogen and oxygen atoms in total. The van der Waals surface area contributed by atoms with E-state index in [1.165, 1.54) is 19.2 Å². The minimum atomic E-state index is -0.936. The highest BCUT2D eigenvalue weighted by Crippen LogP contribution is 2.05. The summed E-state index contributed by atoms with van der Waals surface area (Å²) in [5.74, 6) is -2.09. The Hall–Kier alpha value is -2.11. The molecule has 1 rings (SSSR count). The minimum absolute atomic E-state index is 0.0685. The van der Waals surface area contributed by atoms with Gasteiger partial charge in [-0.3, -0.25) is 14.4 Å². The molecule has 0 spiro atoms. The Labute approximate surface area is 104 Å². The van der Waals surface area contributed by atoms with Crippen LogP contribution < -0.4 is 5.32 Å². The fourth-order valence-corrected chi connectivity index (χ4v) is 1.45. The van der Waals surface area contributed by atoms with E-state index in [2.05, 4.69) is 10.3 Å². The molecule has 0 aromatic carbocycles. The van der Waals surface area contributed by atoms with Crippen molar-refractivity contribution in [2.75, 3.05) is 6.54 Å². The van der Waals surface area contributed by atoms with Crippen molar-refractivity contribution in [2.24, 2.45) is 5.92 Å². The summed E-state index contributed by atoms with van der Waals surface area (Å²) in [6, 6.07) is 1.44. The number of nitrogens with one attached hydrogen (secondary N) is 2. The Morgan fingerprint density at radius 2 is 2.11 bits per heavy atom. The number of carbonyl (C=O) groups is 3. The van der Waals surface area contributed by atoms with Crippen LogP contribution in [0.4, 0.5) is 0 Å². The Morgan fingerprint density at radius 3 is 2.56 bits per heavy atom. The standard InChI is InChI=1S/C12H16N2O4/c1-3-8(12(17)18)5-14-11(16)10-4-9(6-13-10)7(2)15/h4,6,8,13H,3,5H2,1-2H3,(H,14,16)(H,17,18). The fraction of sp³-hybridized carbons (Fsp3) is 0.417. The van der Waals surface area contributed by atoms with Crippen LogP contribution >= 0.6 is 0 Å². The van der Waals surface area contributed by atoms with Crippen molar-refractivity contribution in [1.29, 1.82) is 0 Å². The summed E-state index contributed by atoms with van der Waals surface area (Å²) in [4.78, 5) is 36.2. The molecule has 0 radical (unpaired) electrons. The molecule has 0 saturated carbocycles. The lowest BCUT2D eigenvalue weighted by atomic mass is 10.1. The smallest absolute Gasteiger partial charge is 0.308 e. The van der Waals surface area contributed by atoms with Gasteiger partial charge in [-0.05, 0) is 19.4 Å². The molecule has 3 N–H and O–H groups in total. The van der Waals surface area contributed by atoms with Crippen molar-refractivity contribution < 1.29 is 19.5 Å². The molecule has 0 bridgehead atoms. The number of hydrogen-bond acceptors (Lipinski definition) is 3. The van der Waals surface area contributed by atoms with Gasteiger partial charge in [0.05, 0.1) is 5.92 Å². The highest BCUT2D eigenvalue weighted by atomic mass is 16.4. The number of carboxylic acids is 1. The maximum Gasteiger partial charge on any atom is 0.308 e. The quantitative estimate of drug-likeness (QED) is 0.659. The van der Waals surface area contributed by atoms with Crippen molar-refractivity contribution in [3.05, 3.63) is 23.5 Å². The molecule has 0 saturated heterocycles. The van der Waals surface area contributed by atoms with Crippen LogP contribution in [0, 0.1) is 5.92 Å². The van der Waals surface area contributed by atoms with E-state index in [1.54, 1.807) is 6.92 Å². The number of ketones is 1. The van der Waals surface area contributed by atoms with Gasteiger partial charge in [-0.2, -0.15) is 0 Å². The predicted octanol–water partition coefficient (Wildman–Crippen LogP) is 1.06. The van der Waals surface area contributed by atoms with E-state index in [-0.39, 0.29) is 18.0 Å². The van der Waals surface area contributed by atoms with Crippen molar-refractivity contribution in [3.63, 3.8) is 0 Å². The van der Waals surface area contributed by atoms with Crippen LogP contribution in [0.25, 0.3) is 0 Å². The molecule has 1 heterocycles. The largest absolute Gasteiger partial charge is 0.481 e. The highest BCUT2D eigenvalue weighted by Gasteiger charge is 2.17. The SMILES string of the molecule is CCC(CNC(=O)c1cc(C(C)=O)c[nH]1)C(=O)O. The summed E-state index contributed by atoms with van der Waals surface area (Å²) < 4.78 is 0. The Morgan fingerprint density at radius 1 is 1.44 bits per heavy atom. The first-order valence-corrected chi connectivity index (χ1v) is 5.66. The first kappa shape index (κ1) is 14.0. The van der Waals surface area contributed by atoms with Gasteiger partial charge in [0.2, 0.25) is 0 Å². The average Bonchev–Trinajstić information content (AvgIpc) is 2.78. The van der Waals surface area contributed by atoms with Gasteiger partial charge in [0.25, 0.3) is 5.91 Å². The van der Waals surface area contributed by atoms with E-state index in [1.807, 2.05) is 0 Å². The number of carbonyl (C=O) groups excluding carboxylic acids is 2. The summed E-state index contributed by atoms with van der Waals surface area (Å²) in [5.41, 5.74) is 0.672.